The monoisotopic (exact) mass is 277 g/mol. The lowest BCUT2D eigenvalue weighted by molar-refractivity contribution is -0.113. The number of benzene rings is 1. The van der Waals surface area contributed by atoms with Gasteiger partial charge in [-0.15, -0.1) is 11.8 Å². The first-order chi connectivity index (χ1) is 8.60. The van der Waals surface area contributed by atoms with E-state index < -0.39 is 0 Å². The maximum Gasteiger partial charge on any atom is 0.285 e. The molecule has 0 saturated heterocycles. The van der Waals surface area contributed by atoms with Crippen LogP contribution in [0.3, 0.4) is 0 Å². The Morgan fingerprint density at radius 2 is 1.94 bits per heavy atom. The third-order valence-corrected chi connectivity index (χ3v) is 4.65. The molecule has 0 atom stereocenters. The first-order valence-corrected chi connectivity index (χ1v) is 7.81. The Bertz CT molecular complexity index is 515. The number of carbonyl (C=O) groups excluding carboxylic acids is 1. The predicted molar refractivity (Wildman–Crippen MR) is 82.1 cm³/mol. The van der Waals surface area contributed by atoms with E-state index in [1.54, 1.807) is 0 Å². The zero-order chi connectivity index (χ0) is 13.1. The molecule has 0 radical (unpaired) electrons. The highest BCUT2D eigenvalue weighted by atomic mass is 32.2. The summed E-state index contributed by atoms with van der Waals surface area (Å²) in [6, 6.07) is 8.31. The first kappa shape index (κ1) is 13.4. The summed E-state index contributed by atoms with van der Waals surface area (Å²) in [4.78, 5) is 16.3. The fourth-order valence-electron chi connectivity index (χ4n) is 1.61. The Labute approximate surface area is 116 Å². The van der Waals surface area contributed by atoms with Crippen LogP contribution in [0, 0.1) is 0 Å². The summed E-state index contributed by atoms with van der Waals surface area (Å²) in [6.07, 6.45) is 3.84. The molecule has 0 N–H and O–H groups in total. The van der Waals surface area contributed by atoms with Gasteiger partial charge < -0.3 is 0 Å². The molecule has 18 heavy (non-hydrogen) atoms. The summed E-state index contributed by atoms with van der Waals surface area (Å²) in [5.41, 5.74) is 2.36. The van der Waals surface area contributed by atoms with Crippen molar-refractivity contribution in [2.75, 3.05) is 6.26 Å². The summed E-state index contributed by atoms with van der Waals surface area (Å²) in [7, 11) is 0. The standard InChI is InChI=1S/C14H15NOS2/c1-9(2)11-6-4-10(5-7-11)8-12-13(16)15-14(17-3)18-12/h4-9H,1-3H3/b12-8-. The molecular weight excluding hydrogens is 262 g/mol. The molecule has 1 amide bonds. The van der Waals surface area contributed by atoms with Crippen LogP contribution in [0.25, 0.3) is 6.08 Å². The van der Waals surface area contributed by atoms with Crippen molar-refractivity contribution in [3.8, 4) is 0 Å². The Morgan fingerprint density at radius 3 is 2.44 bits per heavy atom. The molecule has 1 aromatic carbocycles. The number of hydrogen-bond donors (Lipinski definition) is 0. The molecular formula is C14H15NOS2. The summed E-state index contributed by atoms with van der Waals surface area (Å²) >= 11 is 2.96. The fraction of sp³-hybridized carbons (Fsp3) is 0.286. The van der Waals surface area contributed by atoms with Crippen LogP contribution in [0.15, 0.2) is 34.2 Å². The van der Waals surface area contributed by atoms with Crippen LogP contribution in [0.5, 0.6) is 0 Å². The van der Waals surface area contributed by atoms with Crippen molar-refractivity contribution in [2.45, 2.75) is 19.8 Å². The number of carbonyl (C=O) groups is 1. The van der Waals surface area contributed by atoms with Gasteiger partial charge in [0.05, 0.1) is 4.91 Å². The number of rotatable bonds is 2. The third-order valence-electron chi connectivity index (χ3n) is 2.68. The lowest BCUT2D eigenvalue weighted by Crippen LogP contribution is -1.89. The zero-order valence-electron chi connectivity index (χ0n) is 10.6. The maximum atomic E-state index is 11.6. The molecule has 1 aliphatic heterocycles. The predicted octanol–water partition coefficient (Wildman–Crippen LogP) is 4.14. The molecule has 94 valence electrons. The van der Waals surface area contributed by atoms with Crippen LogP contribution in [-0.4, -0.2) is 16.5 Å². The minimum Gasteiger partial charge on any atom is -0.266 e. The zero-order valence-corrected chi connectivity index (χ0v) is 12.3. The molecule has 1 heterocycles. The van der Waals surface area contributed by atoms with Crippen molar-refractivity contribution < 1.29 is 4.79 Å². The van der Waals surface area contributed by atoms with Gasteiger partial charge in [-0.25, -0.2) is 0 Å². The molecule has 4 heteroatoms. The van der Waals surface area contributed by atoms with Crippen molar-refractivity contribution in [3.63, 3.8) is 0 Å². The van der Waals surface area contributed by atoms with Crippen LogP contribution in [0.1, 0.15) is 30.9 Å². The van der Waals surface area contributed by atoms with Gasteiger partial charge >= 0.3 is 0 Å². The molecule has 1 aromatic rings. The Morgan fingerprint density at radius 1 is 1.28 bits per heavy atom. The van der Waals surface area contributed by atoms with E-state index >= 15 is 0 Å². The van der Waals surface area contributed by atoms with Crippen molar-refractivity contribution in [3.05, 3.63) is 40.3 Å². The number of nitrogens with zero attached hydrogens (tertiary/aromatic N) is 1. The Kier molecular flexibility index (Phi) is 4.30. The van der Waals surface area contributed by atoms with Crippen LogP contribution in [0.4, 0.5) is 0 Å². The molecule has 0 fully saturated rings. The van der Waals surface area contributed by atoms with Gasteiger partial charge in [0.25, 0.3) is 5.91 Å². The number of thioether (sulfide) groups is 2. The highest BCUT2D eigenvalue weighted by Gasteiger charge is 2.20. The van der Waals surface area contributed by atoms with Crippen LogP contribution >= 0.6 is 23.5 Å². The molecule has 2 nitrogen and oxygen atoms in total. The molecule has 2 rings (SSSR count). The van der Waals surface area contributed by atoms with Gasteiger partial charge in [-0.1, -0.05) is 49.9 Å². The third kappa shape index (κ3) is 3.06. The van der Waals surface area contributed by atoms with Gasteiger partial charge in [0.1, 0.15) is 4.38 Å². The van der Waals surface area contributed by atoms with Gasteiger partial charge in [0.2, 0.25) is 0 Å². The summed E-state index contributed by atoms with van der Waals surface area (Å²) < 4.78 is 0.824. The second kappa shape index (κ2) is 5.76. The number of hydrogen-bond acceptors (Lipinski definition) is 3. The van der Waals surface area contributed by atoms with E-state index in [0.29, 0.717) is 10.8 Å². The topological polar surface area (TPSA) is 29.4 Å². The summed E-state index contributed by atoms with van der Waals surface area (Å²) in [6.45, 7) is 4.34. The molecule has 0 spiro atoms. The first-order valence-electron chi connectivity index (χ1n) is 5.76. The van der Waals surface area contributed by atoms with E-state index in [-0.39, 0.29) is 5.91 Å². The van der Waals surface area contributed by atoms with E-state index in [1.807, 2.05) is 24.5 Å². The molecule has 0 unspecified atom stereocenters. The highest BCUT2D eigenvalue weighted by molar-refractivity contribution is 8.40. The highest BCUT2D eigenvalue weighted by Crippen LogP contribution is 2.32. The van der Waals surface area contributed by atoms with Gasteiger partial charge in [0.15, 0.2) is 0 Å². The second-order valence-electron chi connectivity index (χ2n) is 4.32. The van der Waals surface area contributed by atoms with Crippen molar-refractivity contribution in [1.82, 2.24) is 0 Å². The molecule has 0 aromatic heterocycles. The fourth-order valence-corrected chi connectivity index (χ4v) is 3.03. The molecule has 0 aliphatic carbocycles. The second-order valence-corrected chi connectivity index (χ2v) is 6.40. The van der Waals surface area contributed by atoms with Crippen molar-refractivity contribution in [2.24, 2.45) is 4.99 Å². The van der Waals surface area contributed by atoms with Crippen molar-refractivity contribution in [1.29, 1.82) is 0 Å². The van der Waals surface area contributed by atoms with Crippen LogP contribution in [0.2, 0.25) is 0 Å². The summed E-state index contributed by atoms with van der Waals surface area (Å²) in [5, 5.41) is 0. The molecule has 0 saturated carbocycles. The minimum atomic E-state index is -0.128. The SMILES string of the molecule is CSC1=NC(=O)/C(=C/c2ccc(C(C)C)cc2)S1. The van der Waals surface area contributed by atoms with Crippen LogP contribution in [-0.2, 0) is 4.79 Å². The quantitative estimate of drug-likeness (QED) is 0.761. The normalized spacial score (nSPS) is 17.7. The summed E-state index contributed by atoms with van der Waals surface area (Å²) in [5.74, 6) is 0.401. The lowest BCUT2D eigenvalue weighted by Gasteiger charge is -2.04. The maximum absolute atomic E-state index is 11.6. The Balaban J connectivity index is 2.17. The molecule has 1 aliphatic rings. The largest absolute Gasteiger partial charge is 0.285 e. The number of aliphatic imine (C=N–C) groups is 1. The van der Waals surface area contributed by atoms with Crippen LogP contribution < -0.4 is 0 Å². The van der Waals surface area contributed by atoms with Gasteiger partial charge in [-0.05, 0) is 29.4 Å². The van der Waals surface area contributed by atoms with Gasteiger partial charge in [-0.2, -0.15) is 4.99 Å². The van der Waals surface area contributed by atoms with Gasteiger partial charge in [-0.3, -0.25) is 4.79 Å². The average Bonchev–Trinajstić information content (AvgIpc) is 2.71. The van der Waals surface area contributed by atoms with E-state index in [4.69, 9.17) is 0 Å². The van der Waals surface area contributed by atoms with E-state index in [2.05, 4.69) is 31.0 Å². The van der Waals surface area contributed by atoms with E-state index in [0.717, 1.165) is 9.94 Å². The van der Waals surface area contributed by atoms with E-state index in [1.165, 1.54) is 29.1 Å². The Hall–Kier alpha value is -1.00. The lowest BCUT2D eigenvalue weighted by atomic mass is 10.0. The molecule has 0 bridgehead atoms. The smallest absolute Gasteiger partial charge is 0.266 e. The van der Waals surface area contributed by atoms with Gasteiger partial charge in [0, 0.05) is 0 Å². The minimum absolute atomic E-state index is 0.128. The average molecular weight is 277 g/mol. The van der Waals surface area contributed by atoms with E-state index in [9.17, 15) is 4.79 Å². The number of amides is 1. The van der Waals surface area contributed by atoms with Crippen molar-refractivity contribution >= 4 is 39.9 Å².